The highest BCUT2D eigenvalue weighted by atomic mass is 19.1. The molecule has 1 aromatic heterocycles. The number of nitrogens with zero attached hydrogens (tertiary/aromatic N) is 2. The molecule has 0 aliphatic heterocycles. The number of hydrazone groups is 1. The molecule has 184 valence electrons. The van der Waals surface area contributed by atoms with Gasteiger partial charge in [-0.2, -0.15) is 5.10 Å². The Morgan fingerprint density at radius 2 is 1.69 bits per heavy atom. The Bertz CT molecular complexity index is 1390. The quantitative estimate of drug-likeness (QED) is 0.272. The fourth-order valence-electron chi connectivity index (χ4n) is 3.99. The minimum absolute atomic E-state index is 0.132. The molecule has 3 aromatic carbocycles. The van der Waals surface area contributed by atoms with Gasteiger partial charge in [-0.05, 0) is 48.7 Å². The summed E-state index contributed by atoms with van der Waals surface area (Å²) in [6, 6.07) is 20.7. The minimum atomic E-state index is -0.740. The van der Waals surface area contributed by atoms with Gasteiger partial charge >= 0.3 is 0 Å². The van der Waals surface area contributed by atoms with E-state index in [1.54, 1.807) is 30.5 Å². The molecule has 1 unspecified atom stereocenters. The first-order chi connectivity index (χ1) is 17.3. The summed E-state index contributed by atoms with van der Waals surface area (Å²) in [5.74, 6) is -1.10. The van der Waals surface area contributed by atoms with Crippen molar-refractivity contribution in [2.75, 3.05) is 0 Å². The van der Waals surface area contributed by atoms with E-state index in [-0.39, 0.29) is 17.6 Å². The fourth-order valence-corrected chi connectivity index (χ4v) is 3.99. The van der Waals surface area contributed by atoms with E-state index in [9.17, 15) is 14.0 Å². The van der Waals surface area contributed by atoms with E-state index in [2.05, 4.69) is 20.4 Å². The number of benzene rings is 3. The maximum absolute atomic E-state index is 13.3. The number of carbonyl (C=O) groups is 2. The second-order valence-electron chi connectivity index (χ2n) is 9.15. The standard InChI is InChI=1S/C29H29FN4O2/c1-19(2)27(32-28(35)22-12-8-20(3)9-13-22)29(36)33-31-16-23-18-34(26-7-5-4-6-25(23)26)17-21-10-14-24(30)15-11-21/h4-16,18-19,27H,17H2,1-3H3,(H,32,35)(H,33,36)/b31-16-. The molecule has 1 heterocycles. The van der Waals surface area contributed by atoms with Crippen LogP contribution in [-0.2, 0) is 11.3 Å². The molecule has 0 aliphatic rings. The van der Waals surface area contributed by atoms with Gasteiger partial charge in [0.1, 0.15) is 11.9 Å². The largest absolute Gasteiger partial charge is 0.342 e. The number of aromatic nitrogens is 1. The number of para-hydroxylation sites is 1. The number of hydrogen-bond acceptors (Lipinski definition) is 3. The zero-order valence-corrected chi connectivity index (χ0v) is 20.5. The Labute approximate surface area is 209 Å². The van der Waals surface area contributed by atoms with Crippen LogP contribution in [-0.4, -0.2) is 28.6 Å². The van der Waals surface area contributed by atoms with Crippen molar-refractivity contribution in [2.45, 2.75) is 33.4 Å². The average Bonchev–Trinajstić information content (AvgIpc) is 3.21. The first-order valence-corrected chi connectivity index (χ1v) is 11.8. The maximum atomic E-state index is 13.3. The molecule has 36 heavy (non-hydrogen) atoms. The Hall–Kier alpha value is -4.26. The van der Waals surface area contributed by atoms with E-state index < -0.39 is 11.9 Å². The molecular formula is C29H29FN4O2. The van der Waals surface area contributed by atoms with Crippen molar-refractivity contribution in [1.29, 1.82) is 0 Å². The lowest BCUT2D eigenvalue weighted by Crippen LogP contribution is -2.48. The third-order valence-electron chi connectivity index (χ3n) is 6.01. The highest BCUT2D eigenvalue weighted by Gasteiger charge is 2.24. The average molecular weight is 485 g/mol. The second kappa shape index (κ2) is 11.0. The van der Waals surface area contributed by atoms with Crippen molar-refractivity contribution < 1.29 is 14.0 Å². The van der Waals surface area contributed by atoms with E-state index in [1.807, 2.05) is 63.4 Å². The molecule has 0 spiro atoms. The van der Waals surface area contributed by atoms with E-state index in [0.29, 0.717) is 12.1 Å². The van der Waals surface area contributed by atoms with Crippen LogP contribution in [0.15, 0.2) is 84.1 Å². The molecule has 2 amide bonds. The minimum Gasteiger partial charge on any atom is -0.342 e. The molecule has 0 radical (unpaired) electrons. The van der Waals surface area contributed by atoms with Crippen LogP contribution in [0.5, 0.6) is 0 Å². The number of nitrogens with one attached hydrogen (secondary N) is 2. The van der Waals surface area contributed by atoms with Crippen LogP contribution >= 0.6 is 0 Å². The van der Waals surface area contributed by atoms with Gasteiger partial charge in [0.25, 0.3) is 11.8 Å². The molecule has 0 saturated heterocycles. The predicted octanol–water partition coefficient (Wildman–Crippen LogP) is 5.04. The Morgan fingerprint density at radius 1 is 1.00 bits per heavy atom. The lowest BCUT2D eigenvalue weighted by Gasteiger charge is -2.20. The van der Waals surface area contributed by atoms with Crippen LogP contribution in [0.2, 0.25) is 0 Å². The number of aryl methyl sites for hydroxylation is 1. The summed E-state index contributed by atoms with van der Waals surface area (Å²) in [6.45, 7) is 6.25. The van der Waals surface area contributed by atoms with Gasteiger partial charge < -0.3 is 9.88 Å². The van der Waals surface area contributed by atoms with Crippen molar-refractivity contribution in [2.24, 2.45) is 11.0 Å². The van der Waals surface area contributed by atoms with Crippen LogP contribution in [0.3, 0.4) is 0 Å². The monoisotopic (exact) mass is 484 g/mol. The lowest BCUT2D eigenvalue weighted by molar-refractivity contribution is -0.123. The van der Waals surface area contributed by atoms with Gasteiger partial charge in [-0.3, -0.25) is 9.59 Å². The number of halogens is 1. The summed E-state index contributed by atoms with van der Waals surface area (Å²) in [6.07, 6.45) is 3.54. The normalized spacial score (nSPS) is 12.2. The number of amides is 2. The van der Waals surface area contributed by atoms with Crippen molar-refractivity contribution in [1.82, 2.24) is 15.3 Å². The van der Waals surface area contributed by atoms with E-state index >= 15 is 0 Å². The first-order valence-electron chi connectivity index (χ1n) is 11.8. The van der Waals surface area contributed by atoms with E-state index in [4.69, 9.17) is 0 Å². The number of fused-ring (bicyclic) bond motifs is 1. The smallest absolute Gasteiger partial charge is 0.262 e. The molecule has 0 aliphatic carbocycles. The van der Waals surface area contributed by atoms with Crippen molar-refractivity contribution in [3.8, 4) is 0 Å². The molecule has 2 N–H and O–H groups in total. The summed E-state index contributed by atoms with van der Waals surface area (Å²) >= 11 is 0. The van der Waals surface area contributed by atoms with E-state index in [1.165, 1.54) is 12.1 Å². The van der Waals surface area contributed by atoms with Crippen molar-refractivity contribution in [3.63, 3.8) is 0 Å². The molecule has 7 heteroatoms. The number of hydrogen-bond donors (Lipinski definition) is 2. The lowest BCUT2D eigenvalue weighted by atomic mass is 10.0. The zero-order valence-electron chi connectivity index (χ0n) is 20.5. The molecule has 0 fully saturated rings. The third-order valence-corrected chi connectivity index (χ3v) is 6.01. The molecule has 1 atom stereocenters. The molecule has 0 saturated carbocycles. The van der Waals surface area contributed by atoms with Crippen LogP contribution in [0, 0.1) is 18.7 Å². The topological polar surface area (TPSA) is 75.5 Å². The van der Waals surface area contributed by atoms with Gasteiger partial charge in [0.05, 0.1) is 6.21 Å². The van der Waals surface area contributed by atoms with Gasteiger partial charge in [-0.1, -0.05) is 61.9 Å². The predicted molar refractivity (Wildman–Crippen MR) is 140 cm³/mol. The first kappa shape index (κ1) is 24.9. The third kappa shape index (κ3) is 5.86. The molecule has 4 aromatic rings. The Kier molecular flexibility index (Phi) is 7.59. The molecular weight excluding hydrogens is 455 g/mol. The zero-order chi connectivity index (χ0) is 25.7. The highest BCUT2D eigenvalue weighted by Crippen LogP contribution is 2.21. The summed E-state index contributed by atoms with van der Waals surface area (Å²) in [7, 11) is 0. The molecule has 4 rings (SSSR count). The number of carbonyl (C=O) groups excluding carboxylic acids is 2. The van der Waals surface area contributed by atoms with Gasteiger partial charge in [0.2, 0.25) is 0 Å². The summed E-state index contributed by atoms with van der Waals surface area (Å²) in [5, 5.41) is 7.97. The summed E-state index contributed by atoms with van der Waals surface area (Å²) < 4.78 is 15.3. The highest BCUT2D eigenvalue weighted by molar-refractivity contribution is 6.00. The van der Waals surface area contributed by atoms with Crippen molar-refractivity contribution in [3.05, 3.63) is 107 Å². The fraction of sp³-hybridized carbons (Fsp3) is 0.207. The Morgan fingerprint density at radius 3 is 2.39 bits per heavy atom. The molecule has 6 nitrogen and oxygen atoms in total. The van der Waals surface area contributed by atoms with Crippen LogP contribution < -0.4 is 10.7 Å². The van der Waals surface area contributed by atoms with E-state index in [0.717, 1.165) is 27.6 Å². The second-order valence-corrected chi connectivity index (χ2v) is 9.15. The van der Waals surface area contributed by atoms with Crippen LogP contribution in [0.25, 0.3) is 10.9 Å². The van der Waals surface area contributed by atoms with Crippen LogP contribution in [0.1, 0.15) is 40.9 Å². The van der Waals surface area contributed by atoms with Gasteiger partial charge in [-0.25, -0.2) is 9.82 Å². The van der Waals surface area contributed by atoms with Gasteiger partial charge in [0.15, 0.2) is 0 Å². The van der Waals surface area contributed by atoms with Gasteiger partial charge in [-0.15, -0.1) is 0 Å². The van der Waals surface area contributed by atoms with Gasteiger partial charge in [0, 0.05) is 34.8 Å². The molecule has 0 bridgehead atoms. The maximum Gasteiger partial charge on any atom is 0.262 e. The van der Waals surface area contributed by atoms with Crippen LogP contribution in [0.4, 0.5) is 4.39 Å². The summed E-state index contributed by atoms with van der Waals surface area (Å²) in [5.41, 5.74) is 6.93. The SMILES string of the molecule is Cc1ccc(C(=O)NC(C(=O)N/N=C\c2cn(Cc3ccc(F)cc3)c3ccccc23)C(C)C)cc1. The summed E-state index contributed by atoms with van der Waals surface area (Å²) in [4.78, 5) is 25.5. The Balaban J connectivity index is 1.47. The van der Waals surface area contributed by atoms with Crippen molar-refractivity contribution >= 4 is 28.9 Å². The number of rotatable bonds is 8.